The molecule has 0 aliphatic heterocycles. The molecule has 1 atom stereocenters. The molecule has 2 aromatic rings. The second-order valence-corrected chi connectivity index (χ2v) is 4.34. The van der Waals surface area contributed by atoms with E-state index in [9.17, 15) is 4.79 Å². The molecule has 84 valence electrons. The van der Waals surface area contributed by atoms with Gasteiger partial charge in [-0.15, -0.1) is 0 Å². The fourth-order valence-electron chi connectivity index (χ4n) is 1.59. The molecule has 0 spiro atoms. The molecule has 0 fully saturated rings. The summed E-state index contributed by atoms with van der Waals surface area (Å²) in [5.74, 6) is 0.962. The van der Waals surface area contributed by atoms with Crippen LogP contribution in [0.4, 0.5) is 0 Å². The fraction of sp³-hybridized carbons (Fsp3) is 0.250. The minimum Gasteiger partial charge on any atom is -0.469 e. The summed E-state index contributed by atoms with van der Waals surface area (Å²) in [5, 5.41) is 6.93. The van der Waals surface area contributed by atoms with Crippen LogP contribution in [0.2, 0.25) is 0 Å². The van der Waals surface area contributed by atoms with E-state index in [4.69, 9.17) is 4.42 Å². The third-order valence-corrected chi connectivity index (χ3v) is 3.09. The van der Waals surface area contributed by atoms with Crippen LogP contribution in [-0.4, -0.2) is 12.5 Å². The van der Waals surface area contributed by atoms with Crippen molar-refractivity contribution in [3.05, 3.63) is 46.5 Å². The average molecular weight is 235 g/mol. The van der Waals surface area contributed by atoms with E-state index in [1.807, 2.05) is 17.5 Å². The van der Waals surface area contributed by atoms with E-state index in [1.54, 1.807) is 17.6 Å². The van der Waals surface area contributed by atoms with E-state index in [0.29, 0.717) is 6.54 Å². The summed E-state index contributed by atoms with van der Waals surface area (Å²) in [7, 11) is 0. The zero-order chi connectivity index (χ0) is 11.4. The van der Waals surface area contributed by atoms with Gasteiger partial charge in [0, 0.05) is 13.5 Å². The van der Waals surface area contributed by atoms with E-state index < -0.39 is 0 Å². The van der Waals surface area contributed by atoms with Gasteiger partial charge in [-0.2, -0.15) is 11.3 Å². The monoisotopic (exact) mass is 235 g/mol. The van der Waals surface area contributed by atoms with Gasteiger partial charge in [-0.1, -0.05) is 0 Å². The van der Waals surface area contributed by atoms with Crippen LogP contribution in [0.15, 0.2) is 39.6 Å². The summed E-state index contributed by atoms with van der Waals surface area (Å²) >= 11 is 1.65. The molecule has 16 heavy (non-hydrogen) atoms. The largest absolute Gasteiger partial charge is 0.469 e. The van der Waals surface area contributed by atoms with Crippen LogP contribution in [0.25, 0.3) is 0 Å². The summed E-state index contributed by atoms with van der Waals surface area (Å²) in [5.41, 5.74) is 1.17. The number of furan rings is 1. The van der Waals surface area contributed by atoms with E-state index >= 15 is 0 Å². The van der Waals surface area contributed by atoms with Gasteiger partial charge in [0.2, 0.25) is 5.91 Å². The first-order valence-corrected chi connectivity index (χ1v) is 6.01. The summed E-state index contributed by atoms with van der Waals surface area (Å²) < 4.78 is 5.41. The first-order valence-electron chi connectivity index (χ1n) is 5.07. The molecule has 1 amide bonds. The maximum atomic E-state index is 10.9. The Hall–Kier alpha value is -1.55. The van der Waals surface area contributed by atoms with E-state index in [1.165, 1.54) is 12.5 Å². The molecule has 0 radical (unpaired) electrons. The van der Waals surface area contributed by atoms with Crippen LogP contribution in [0.1, 0.15) is 24.2 Å². The molecule has 2 rings (SSSR count). The molecule has 2 heterocycles. The second kappa shape index (κ2) is 4.99. The molecule has 4 heteroatoms. The lowest BCUT2D eigenvalue weighted by Crippen LogP contribution is -2.26. The number of rotatable bonds is 4. The lowest BCUT2D eigenvalue weighted by atomic mass is 9.99. The highest BCUT2D eigenvalue weighted by Gasteiger charge is 2.17. The quantitative estimate of drug-likeness (QED) is 0.885. The third kappa shape index (κ3) is 2.52. The molecule has 0 aromatic carbocycles. The van der Waals surface area contributed by atoms with E-state index in [-0.39, 0.29) is 11.8 Å². The Labute approximate surface area is 98.1 Å². The highest BCUT2D eigenvalue weighted by molar-refractivity contribution is 7.08. The Balaban J connectivity index is 2.17. The minimum absolute atomic E-state index is 0.0215. The van der Waals surface area contributed by atoms with Crippen molar-refractivity contribution in [2.24, 2.45) is 0 Å². The molecule has 1 N–H and O–H groups in total. The maximum Gasteiger partial charge on any atom is 0.216 e. The topological polar surface area (TPSA) is 42.2 Å². The van der Waals surface area contributed by atoms with Crippen molar-refractivity contribution in [3.63, 3.8) is 0 Å². The van der Waals surface area contributed by atoms with Gasteiger partial charge in [0.1, 0.15) is 5.76 Å². The smallest absolute Gasteiger partial charge is 0.216 e. The first-order chi connectivity index (χ1) is 7.77. The zero-order valence-corrected chi connectivity index (χ0v) is 9.79. The lowest BCUT2D eigenvalue weighted by Gasteiger charge is -2.13. The summed E-state index contributed by atoms with van der Waals surface area (Å²) in [6.45, 7) is 2.09. The predicted molar refractivity (Wildman–Crippen MR) is 63.6 cm³/mol. The van der Waals surface area contributed by atoms with E-state index in [0.717, 1.165) is 5.76 Å². The maximum absolute atomic E-state index is 10.9. The van der Waals surface area contributed by atoms with Gasteiger partial charge in [0.15, 0.2) is 0 Å². The minimum atomic E-state index is -0.0215. The molecule has 0 bridgehead atoms. The van der Waals surface area contributed by atoms with Gasteiger partial charge in [-0.3, -0.25) is 4.79 Å². The van der Waals surface area contributed by atoms with Gasteiger partial charge in [-0.25, -0.2) is 0 Å². The standard InChI is InChI=1S/C12H13NO2S/c1-9(14)13-7-11(10-4-6-16-8-10)12-3-2-5-15-12/h2-6,8,11H,7H2,1H3,(H,13,14). The van der Waals surface area contributed by atoms with Crippen molar-refractivity contribution in [1.82, 2.24) is 5.32 Å². The van der Waals surface area contributed by atoms with Crippen LogP contribution in [0, 0.1) is 0 Å². The van der Waals surface area contributed by atoms with Crippen LogP contribution < -0.4 is 5.32 Å². The van der Waals surface area contributed by atoms with Crippen molar-refractivity contribution in [1.29, 1.82) is 0 Å². The van der Waals surface area contributed by atoms with Gasteiger partial charge < -0.3 is 9.73 Å². The highest BCUT2D eigenvalue weighted by atomic mass is 32.1. The van der Waals surface area contributed by atoms with Crippen LogP contribution in [-0.2, 0) is 4.79 Å². The zero-order valence-electron chi connectivity index (χ0n) is 8.97. The fourth-order valence-corrected chi connectivity index (χ4v) is 2.31. The van der Waals surface area contributed by atoms with Crippen LogP contribution >= 0.6 is 11.3 Å². The molecular weight excluding hydrogens is 222 g/mol. The molecule has 0 saturated carbocycles. The summed E-state index contributed by atoms with van der Waals surface area (Å²) in [6, 6.07) is 5.85. The van der Waals surface area contributed by atoms with Crippen molar-refractivity contribution < 1.29 is 9.21 Å². The molecule has 2 aromatic heterocycles. The summed E-state index contributed by atoms with van der Waals surface area (Å²) in [4.78, 5) is 10.9. The van der Waals surface area contributed by atoms with Gasteiger partial charge >= 0.3 is 0 Å². The molecule has 1 unspecified atom stereocenters. The Bertz CT molecular complexity index is 399. The molecule has 0 aliphatic carbocycles. The predicted octanol–water partition coefficient (Wildman–Crippen LogP) is 2.61. The van der Waals surface area contributed by atoms with Gasteiger partial charge in [0.25, 0.3) is 0 Å². The Morgan fingerprint density at radius 2 is 2.44 bits per heavy atom. The van der Waals surface area contributed by atoms with Crippen LogP contribution in [0.3, 0.4) is 0 Å². The van der Waals surface area contributed by atoms with Gasteiger partial charge in [-0.05, 0) is 34.5 Å². The van der Waals surface area contributed by atoms with Crippen LogP contribution in [0.5, 0.6) is 0 Å². The van der Waals surface area contributed by atoms with Crippen molar-refractivity contribution in [2.45, 2.75) is 12.8 Å². The normalized spacial score (nSPS) is 12.3. The summed E-state index contributed by atoms with van der Waals surface area (Å²) in [6.07, 6.45) is 1.66. The Kier molecular flexibility index (Phi) is 3.41. The second-order valence-electron chi connectivity index (χ2n) is 3.56. The molecule has 0 saturated heterocycles. The number of nitrogens with one attached hydrogen (secondary N) is 1. The van der Waals surface area contributed by atoms with Gasteiger partial charge in [0.05, 0.1) is 12.2 Å². The SMILES string of the molecule is CC(=O)NCC(c1ccsc1)c1ccco1. The lowest BCUT2D eigenvalue weighted by molar-refractivity contribution is -0.118. The van der Waals surface area contributed by atoms with Crippen molar-refractivity contribution in [2.75, 3.05) is 6.54 Å². The molecular formula is C12H13NO2S. The molecule has 3 nitrogen and oxygen atoms in total. The third-order valence-electron chi connectivity index (χ3n) is 2.39. The number of hydrogen-bond donors (Lipinski definition) is 1. The first kappa shape index (κ1) is 11.0. The Morgan fingerprint density at radius 3 is 3.00 bits per heavy atom. The number of amides is 1. The molecule has 0 aliphatic rings. The van der Waals surface area contributed by atoms with Crippen molar-refractivity contribution in [3.8, 4) is 0 Å². The average Bonchev–Trinajstić information content (AvgIpc) is 2.88. The Morgan fingerprint density at radius 1 is 1.56 bits per heavy atom. The van der Waals surface area contributed by atoms with Crippen molar-refractivity contribution >= 4 is 17.2 Å². The number of thiophene rings is 1. The number of carbonyl (C=O) groups is 1. The number of hydrogen-bond acceptors (Lipinski definition) is 3. The number of carbonyl (C=O) groups excluding carboxylic acids is 1. The highest BCUT2D eigenvalue weighted by Crippen LogP contribution is 2.26. The van der Waals surface area contributed by atoms with E-state index in [2.05, 4.69) is 16.8 Å².